The molecule has 17 N–H and O–H groups in total. The smallest absolute Gasteiger partial charge is 0.410 e. The summed E-state index contributed by atoms with van der Waals surface area (Å²) in [6.07, 6.45) is -12.2. The van der Waals surface area contributed by atoms with E-state index >= 15 is 33.6 Å². The van der Waals surface area contributed by atoms with Crippen molar-refractivity contribution in [3.8, 4) is 0 Å². The van der Waals surface area contributed by atoms with Crippen molar-refractivity contribution in [1.29, 1.82) is 0 Å². The molecule has 2 bridgehead atoms. The van der Waals surface area contributed by atoms with Gasteiger partial charge >= 0.3 is 24.1 Å². The van der Waals surface area contributed by atoms with E-state index < -0.39 is 226 Å². The van der Waals surface area contributed by atoms with Crippen LogP contribution in [0.1, 0.15) is 153 Å². The minimum atomic E-state index is -2.41. The van der Waals surface area contributed by atoms with Crippen LogP contribution in [-0.2, 0) is 95.6 Å². The Morgan fingerprint density at radius 3 is 1.94 bits per heavy atom. The van der Waals surface area contributed by atoms with Crippen LogP contribution in [-0.4, -0.2) is 290 Å². The van der Waals surface area contributed by atoms with Crippen molar-refractivity contribution in [3.63, 3.8) is 0 Å². The van der Waals surface area contributed by atoms with Gasteiger partial charge in [0, 0.05) is 116 Å². The van der Waals surface area contributed by atoms with Crippen molar-refractivity contribution in [2.24, 2.45) is 22.5 Å². The summed E-state index contributed by atoms with van der Waals surface area (Å²) in [7, 11) is 6.13. The van der Waals surface area contributed by atoms with Crippen LogP contribution in [0.15, 0.2) is 163 Å². The number of Topliss-reactive ketones (excluding diaryl/α,β-unsaturated/α-hetero) is 1. The molecule has 21 atom stereocenters. The monoisotopic (exact) mass is 2030 g/mol. The van der Waals surface area contributed by atoms with Crippen LogP contribution in [0.5, 0.6) is 0 Å². The fourth-order valence-electron chi connectivity index (χ4n) is 18.8. The van der Waals surface area contributed by atoms with Crippen LogP contribution < -0.4 is 53.6 Å². The number of hydrogen-bond acceptors (Lipinski definition) is 30. The molecule has 0 radical (unpaired) electrons. The number of ketones is 1. The topological polar surface area (TPSA) is 541 Å². The minimum absolute atomic E-state index is 0.00676. The van der Waals surface area contributed by atoms with Crippen LogP contribution in [0, 0.1) is 16.7 Å². The van der Waals surface area contributed by atoms with E-state index in [1.165, 1.54) is 45.1 Å². The first kappa shape index (κ1) is 111. The molecular formula is C100H132N12O25S4. The predicted octanol–water partition coefficient (Wildman–Crippen LogP) is 6.58. The summed E-state index contributed by atoms with van der Waals surface area (Å²) >= 11 is 0. The lowest BCUT2D eigenvalue weighted by Crippen LogP contribution is -2.81. The molecule has 41 heteroatoms. The molecule has 1 aromatic heterocycles. The van der Waals surface area contributed by atoms with E-state index in [9.17, 15) is 54.3 Å². The van der Waals surface area contributed by atoms with E-state index in [4.69, 9.17) is 38.9 Å². The average Bonchev–Trinajstić information content (AvgIpc) is 0.853. The zero-order valence-corrected chi connectivity index (χ0v) is 84.4. The van der Waals surface area contributed by atoms with Gasteiger partial charge in [-0.25, -0.2) is 19.2 Å². The van der Waals surface area contributed by atoms with E-state index in [2.05, 4.69) is 52.8 Å². The lowest BCUT2D eigenvalue weighted by molar-refractivity contribution is -0.345. The molecule has 0 unspecified atom stereocenters. The van der Waals surface area contributed by atoms with Gasteiger partial charge < -0.3 is 122 Å². The number of unbranched alkanes of at least 4 members (excludes halogenated alkanes) is 2. The summed E-state index contributed by atoms with van der Waals surface area (Å²) in [5.41, 5.74) is -0.0468. The number of aromatic nitrogens is 1. The molecule has 3 aliphatic carbocycles. The summed E-state index contributed by atoms with van der Waals surface area (Å²) in [6, 6.07) is 26.4. The number of aliphatic hydroxyl groups excluding tert-OH is 3. The van der Waals surface area contributed by atoms with Crippen LogP contribution in [0.4, 0.5) is 14.4 Å². The van der Waals surface area contributed by atoms with Crippen molar-refractivity contribution < 1.29 is 121 Å². The zero-order chi connectivity index (χ0) is 102. The number of carbonyl (C=O) groups excluding carboxylic acids is 13. The Morgan fingerprint density at radius 1 is 0.702 bits per heavy atom. The summed E-state index contributed by atoms with van der Waals surface area (Å²) in [5.74, 6) is -11.7. The van der Waals surface area contributed by atoms with Gasteiger partial charge in [0.1, 0.15) is 83.4 Å². The fourth-order valence-corrected chi connectivity index (χ4v) is 22.8. The Hall–Kier alpha value is -10.7. The molecule has 2 saturated carbocycles. The maximum Gasteiger partial charge on any atom is 0.410 e. The van der Waals surface area contributed by atoms with Crippen LogP contribution >= 0.6 is 43.2 Å². The fraction of sp³-hybridized carbons (Fsp3) is 0.530. The van der Waals surface area contributed by atoms with Crippen molar-refractivity contribution in [3.05, 3.63) is 191 Å². The van der Waals surface area contributed by atoms with Crippen molar-refractivity contribution >= 4 is 131 Å². The second kappa shape index (κ2) is 50.0. The molecule has 3 heterocycles. The molecule has 5 aromatic carbocycles. The highest BCUT2D eigenvalue weighted by molar-refractivity contribution is 8.82. The number of esters is 2. The zero-order valence-electron chi connectivity index (χ0n) is 81.1. The number of rotatable bonds is 35. The molecule has 141 heavy (non-hydrogen) atoms. The molecule has 11 rings (SSSR count). The average molecular weight is 2030 g/mol. The van der Waals surface area contributed by atoms with Crippen LogP contribution in [0.2, 0.25) is 0 Å². The number of benzene rings is 5. The predicted molar refractivity (Wildman–Crippen MR) is 531 cm³/mol. The molecular weight excluding hydrogens is 1900 g/mol. The summed E-state index contributed by atoms with van der Waals surface area (Å²) in [5, 5.41) is 83.7. The van der Waals surface area contributed by atoms with Gasteiger partial charge in [0.05, 0.1) is 54.6 Å². The van der Waals surface area contributed by atoms with Gasteiger partial charge in [-0.15, -0.1) is 0 Å². The van der Waals surface area contributed by atoms with Crippen LogP contribution in [0.3, 0.4) is 0 Å². The second-order valence-electron chi connectivity index (χ2n) is 37.9. The number of nitrogens with two attached hydrogens (primary N) is 1. The number of fused-ring (bicyclic) bond motifs is 6. The van der Waals surface area contributed by atoms with Crippen molar-refractivity contribution in [1.82, 2.24) is 57.7 Å². The number of methoxy groups -OCH3 is 2. The number of H-pyrrole nitrogens is 1. The third-order valence-corrected chi connectivity index (χ3v) is 31.1. The van der Waals surface area contributed by atoms with Gasteiger partial charge in [-0.05, 0) is 132 Å². The maximum atomic E-state index is 16.1. The molecule has 5 aliphatic rings. The van der Waals surface area contributed by atoms with Gasteiger partial charge in [0.25, 0.3) is 5.24 Å². The van der Waals surface area contributed by atoms with E-state index in [1.54, 1.807) is 182 Å². The van der Waals surface area contributed by atoms with Gasteiger partial charge in [-0.1, -0.05) is 187 Å². The minimum Gasteiger partial charge on any atom is -0.455 e. The van der Waals surface area contributed by atoms with Crippen molar-refractivity contribution in [2.45, 2.75) is 253 Å². The lowest BCUT2D eigenvalue weighted by Gasteiger charge is -2.67. The van der Waals surface area contributed by atoms with Gasteiger partial charge in [-0.3, -0.25) is 43.2 Å². The molecule has 4 fully saturated rings. The standard InChI is InChI=1S/C100H132N12O25S4/c1-13-14-43-112(95(128)135-80(78(61-35-23-17-24-36-61)111-93(126)137-96(5,6)7)92(125)134-73-50-100(130)83(136-91(124)62-37-25-18-26-38-62)81-98(10,74(131-11)49-75-99(81,129)55-133-75)82(116)79(132-12)76(56(73)2)97(100,8)9)44-45-138-141-94(127)109-68(47-60-33-21-16-22-34-60)86(119)107-71-53-139-140-54-72(89(122)106-70(52-113)57(3)114)108-90(123)77(58(4)115)110-84(117)66(41-29-30-42-101)103-87(120)69(48-63-51-102-65-40-28-27-39-64(63)65)105-85(118)67(104-88(71)121)46-59-31-19-15-20-32-59/h15-28,31-40,51,57-58,66-75,77-81,83,102,113-115,129-130H,13-14,29-30,41-50,52-55,101H2,1-12H3,(H,103,120)(H,104,121)(H,105,118)(H,106,122)(H,107,119)(H,108,123)(H,109,127)(H,110,117)(H,111,126)/t57-,58-,66+,67+,68-,69-,70-,71+,72+,73+,74+,75-,77+,78+,79-,80-,81+,83+,98-,99+,100-/m1/s1. The lowest BCUT2D eigenvalue weighted by atomic mass is 9.44. The SMILES string of the molecule is CCCCN(CCSSC(=O)N[C@H](Cc1ccccc1)C(=O)N[C@H]1CSSC[C@@H](C(=O)N[C@H](CO)[C@@H](C)O)NC(=O)[C@H]([C@@H](C)O)NC(=O)[C@H](CCCCN)NC(=O)[C@@H](Cc2c[nH]c3ccccc23)NC(=O)[C@H](Cc2ccccc2)NC1=O)C(=O)O[C@@H](C(=O)O[C@H]1C[C@@]2(O)[C@@H](OC(=O)c3ccccc3)[C@@H]3[C@]4(O)CO[C@@H]4C[C@H](OC)[C@@]3(C)C(=O)[C@H](OC)C(=C1C)C2(C)C)[C@@H](NC(=O)OC(C)(C)C)c1ccccc1. The molecule has 37 nitrogen and oxygen atoms in total. The third kappa shape index (κ3) is 27.3. The van der Waals surface area contributed by atoms with Crippen LogP contribution in [0.25, 0.3) is 10.9 Å². The quantitative estimate of drug-likeness (QED) is 0.00656. The largest absolute Gasteiger partial charge is 0.455 e. The van der Waals surface area contributed by atoms with Gasteiger partial charge in [0.15, 0.2) is 5.78 Å². The first-order valence-corrected chi connectivity index (χ1v) is 52.0. The van der Waals surface area contributed by atoms with E-state index in [1.807, 2.05) is 13.0 Å². The van der Waals surface area contributed by atoms with E-state index in [-0.39, 0.29) is 104 Å². The summed E-state index contributed by atoms with van der Waals surface area (Å²) in [4.78, 5) is 201. The number of para-hydroxylation sites is 1. The number of nitrogens with zero attached hydrogens (tertiary/aromatic N) is 1. The number of aliphatic hydroxyl groups is 5. The Labute approximate surface area is 835 Å². The number of hydrogen-bond donors (Lipinski definition) is 16. The third-order valence-electron chi connectivity index (χ3n) is 26.7. The highest BCUT2D eigenvalue weighted by Crippen LogP contribution is 2.64. The highest BCUT2D eigenvalue weighted by Gasteiger charge is 2.77. The molecule has 2 saturated heterocycles. The van der Waals surface area contributed by atoms with Crippen molar-refractivity contribution in [2.75, 3.05) is 64.3 Å². The summed E-state index contributed by atoms with van der Waals surface area (Å²) < 4.78 is 43.8. The Morgan fingerprint density at radius 2 is 1.32 bits per heavy atom. The number of amides is 10. The first-order valence-electron chi connectivity index (χ1n) is 47.2. The Kier molecular flexibility index (Phi) is 39.3. The first-order chi connectivity index (χ1) is 67.1. The molecule has 0 spiro atoms. The number of nitrogens with one attached hydrogen (secondary N) is 10. The normalized spacial score (nSPS) is 26.4. The highest BCUT2D eigenvalue weighted by atomic mass is 33.1. The second-order valence-corrected chi connectivity index (χ2v) is 42.8. The number of alkyl carbamates (subject to hydrolysis) is 1. The summed E-state index contributed by atoms with van der Waals surface area (Å²) in [6.45, 7) is 14.6. The molecule has 2 aliphatic heterocycles. The van der Waals surface area contributed by atoms with Gasteiger partial charge in [0.2, 0.25) is 47.5 Å². The molecule has 766 valence electrons. The maximum absolute atomic E-state index is 16.1. The van der Waals surface area contributed by atoms with E-state index in [0.29, 0.717) is 57.6 Å². The molecule has 6 aromatic rings. The Bertz CT molecular complexity index is 5380. The Balaban J connectivity index is 0.886. The number of ether oxygens (including phenoxy) is 7. The number of carbonyl (C=O) groups is 13. The van der Waals surface area contributed by atoms with E-state index in [0.717, 1.165) is 32.4 Å². The van der Waals surface area contributed by atoms with Gasteiger partial charge in [-0.2, -0.15) is 0 Å². The number of aromatic amines is 1. The molecule has 10 amide bonds.